The van der Waals surface area contributed by atoms with Crippen LogP contribution >= 0.6 is 15.9 Å². The minimum absolute atomic E-state index is 0.761. The van der Waals surface area contributed by atoms with Crippen LogP contribution in [0, 0.1) is 27.7 Å². The molecule has 0 amide bonds. The molecule has 0 atom stereocenters. The summed E-state index contributed by atoms with van der Waals surface area (Å²) in [5.74, 6) is 0. The summed E-state index contributed by atoms with van der Waals surface area (Å²) in [5.41, 5.74) is 8.81. The summed E-state index contributed by atoms with van der Waals surface area (Å²) in [6, 6.07) is 2.26. The topological polar surface area (TPSA) is 29.9 Å². The molecule has 3 nitrogen and oxygen atoms in total. The molecule has 0 spiro atoms. The summed E-state index contributed by atoms with van der Waals surface area (Å²) >= 11 is 3.73. The van der Waals surface area contributed by atoms with Crippen molar-refractivity contribution in [2.75, 3.05) is 7.05 Å². The zero-order valence-corrected chi connectivity index (χ0v) is 14.6. The van der Waals surface area contributed by atoms with Gasteiger partial charge in [0.1, 0.15) is 0 Å². The van der Waals surface area contributed by atoms with E-state index in [1.807, 2.05) is 18.8 Å². The van der Waals surface area contributed by atoms with Crippen LogP contribution in [-0.4, -0.2) is 16.8 Å². The highest BCUT2D eigenvalue weighted by atomic mass is 79.9. The Kier molecular flexibility index (Phi) is 4.35. The Hall–Kier alpha value is -1.13. The molecule has 1 heterocycles. The van der Waals surface area contributed by atoms with Crippen LogP contribution < -0.4 is 5.32 Å². The third-order valence-electron chi connectivity index (χ3n) is 4.00. The smallest absolute Gasteiger partial charge is 0.0910 e. The molecule has 0 aliphatic rings. The molecule has 2 rings (SSSR count). The highest BCUT2D eigenvalue weighted by Crippen LogP contribution is 2.37. The first-order chi connectivity index (χ1) is 9.38. The van der Waals surface area contributed by atoms with E-state index in [0.29, 0.717) is 0 Å². The Bertz CT molecular complexity index is 630. The molecule has 20 heavy (non-hydrogen) atoms. The van der Waals surface area contributed by atoms with Gasteiger partial charge in [-0.3, -0.25) is 4.68 Å². The zero-order valence-electron chi connectivity index (χ0n) is 13.1. The maximum absolute atomic E-state index is 4.63. The van der Waals surface area contributed by atoms with Crippen LogP contribution in [0.4, 0.5) is 0 Å². The summed E-state index contributed by atoms with van der Waals surface area (Å²) in [6.45, 7) is 9.48. The van der Waals surface area contributed by atoms with Crippen LogP contribution in [0.5, 0.6) is 0 Å². The van der Waals surface area contributed by atoms with Gasteiger partial charge >= 0.3 is 0 Å². The van der Waals surface area contributed by atoms with E-state index in [4.69, 9.17) is 0 Å². The number of hydrogen-bond acceptors (Lipinski definition) is 2. The van der Waals surface area contributed by atoms with Crippen molar-refractivity contribution in [1.82, 2.24) is 15.1 Å². The molecule has 0 fully saturated rings. The summed E-state index contributed by atoms with van der Waals surface area (Å²) in [5, 5.41) is 7.79. The second kappa shape index (κ2) is 5.70. The van der Waals surface area contributed by atoms with Crippen molar-refractivity contribution in [1.29, 1.82) is 0 Å². The summed E-state index contributed by atoms with van der Waals surface area (Å²) < 4.78 is 3.07. The fraction of sp³-hybridized carbons (Fsp3) is 0.438. The fourth-order valence-corrected chi connectivity index (χ4v) is 3.35. The summed E-state index contributed by atoms with van der Waals surface area (Å²) in [4.78, 5) is 0. The van der Waals surface area contributed by atoms with E-state index in [0.717, 1.165) is 22.4 Å². The van der Waals surface area contributed by atoms with Crippen molar-refractivity contribution in [3.63, 3.8) is 0 Å². The number of halogens is 1. The lowest BCUT2D eigenvalue weighted by atomic mass is 9.92. The monoisotopic (exact) mass is 335 g/mol. The van der Waals surface area contributed by atoms with Crippen LogP contribution in [0.1, 0.15) is 27.9 Å². The summed E-state index contributed by atoms with van der Waals surface area (Å²) in [7, 11) is 3.95. The van der Waals surface area contributed by atoms with Crippen molar-refractivity contribution in [2.45, 2.75) is 34.2 Å². The number of aryl methyl sites for hydroxylation is 3. The third-order valence-corrected chi connectivity index (χ3v) is 4.84. The van der Waals surface area contributed by atoms with Crippen molar-refractivity contribution < 1.29 is 0 Å². The van der Waals surface area contributed by atoms with Gasteiger partial charge in [-0.15, -0.1) is 0 Å². The maximum atomic E-state index is 4.63. The zero-order chi connectivity index (χ0) is 15.0. The van der Waals surface area contributed by atoms with Gasteiger partial charge in [-0.2, -0.15) is 5.10 Å². The minimum Gasteiger partial charge on any atom is -0.314 e. The molecule has 2 aromatic rings. The van der Waals surface area contributed by atoms with Gasteiger partial charge in [-0.25, -0.2) is 0 Å². The average molecular weight is 336 g/mol. The molecule has 1 aromatic heterocycles. The summed E-state index contributed by atoms with van der Waals surface area (Å²) in [6.07, 6.45) is 0. The van der Waals surface area contributed by atoms with E-state index in [-0.39, 0.29) is 0 Å². The van der Waals surface area contributed by atoms with Crippen LogP contribution in [0.2, 0.25) is 0 Å². The highest BCUT2D eigenvalue weighted by molar-refractivity contribution is 9.10. The Morgan fingerprint density at radius 2 is 1.70 bits per heavy atom. The van der Waals surface area contributed by atoms with Gasteiger partial charge in [-0.05, 0) is 72.9 Å². The van der Waals surface area contributed by atoms with Crippen LogP contribution in [0.3, 0.4) is 0 Å². The lowest BCUT2D eigenvalue weighted by molar-refractivity contribution is 0.715. The van der Waals surface area contributed by atoms with Gasteiger partial charge < -0.3 is 5.32 Å². The molecule has 0 aliphatic carbocycles. The normalized spacial score (nSPS) is 11.2. The molecule has 0 saturated heterocycles. The second-order valence-corrected chi connectivity index (χ2v) is 6.19. The molecule has 108 valence electrons. The number of hydrogen-bond donors (Lipinski definition) is 1. The lowest BCUT2D eigenvalue weighted by Crippen LogP contribution is -2.06. The largest absolute Gasteiger partial charge is 0.314 e. The fourth-order valence-electron chi connectivity index (χ4n) is 2.68. The number of rotatable bonds is 3. The number of nitrogens with zero attached hydrogens (tertiary/aromatic N) is 2. The van der Waals surface area contributed by atoms with Crippen LogP contribution in [0.15, 0.2) is 10.5 Å². The SMILES string of the molecule is CNCc1nn(C)c(-c2c(C)c(C)cc(C)c2C)c1Br. The maximum Gasteiger partial charge on any atom is 0.0910 e. The first-order valence-electron chi connectivity index (χ1n) is 6.82. The molecule has 0 radical (unpaired) electrons. The Morgan fingerprint density at radius 1 is 1.15 bits per heavy atom. The molecule has 1 N–H and O–H groups in total. The van der Waals surface area contributed by atoms with Crippen molar-refractivity contribution in [3.05, 3.63) is 38.5 Å². The van der Waals surface area contributed by atoms with Gasteiger partial charge in [0, 0.05) is 19.2 Å². The predicted molar refractivity (Wildman–Crippen MR) is 88.1 cm³/mol. The van der Waals surface area contributed by atoms with E-state index < -0.39 is 0 Å². The molecule has 1 aromatic carbocycles. The second-order valence-electron chi connectivity index (χ2n) is 5.40. The highest BCUT2D eigenvalue weighted by Gasteiger charge is 2.20. The number of nitrogens with one attached hydrogen (secondary N) is 1. The minimum atomic E-state index is 0.761. The molecular weight excluding hydrogens is 314 g/mol. The first-order valence-corrected chi connectivity index (χ1v) is 7.61. The predicted octanol–water partition coefficient (Wildman–Crippen LogP) is 3.80. The quantitative estimate of drug-likeness (QED) is 0.924. The van der Waals surface area contributed by atoms with E-state index in [1.165, 1.54) is 27.8 Å². The molecular formula is C16H22BrN3. The molecule has 0 unspecified atom stereocenters. The molecule has 0 aliphatic heterocycles. The van der Waals surface area contributed by atoms with Crippen LogP contribution in [-0.2, 0) is 13.6 Å². The third kappa shape index (κ3) is 2.42. The van der Waals surface area contributed by atoms with Crippen molar-refractivity contribution in [2.24, 2.45) is 7.05 Å². The van der Waals surface area contributed by atoms with Gasteiger partial charge in [0.15, 0.2) is 0 Å². The molecule has 0 bridgehead atoms. The van der Waals surface area contributed by atoms with Gasteiger partial charge in [0.05, 0.1) is 15.9 Å². The number of benzene rings is 1. The van der Waals surface area contributed by atoms with E-state index in [9.17, 15) is 0 Å². The van der Waals surface area contributed by atoms with Crippen LogP contribution in [0.25, 0.3) is 11.3 Å². The Morgan fingerprint density at radius 3 is 2.20 bits per heavy atom. The molecule has 4 heteroatoms. The van der Waals surface area contributed by atoms with E-state index >= 15 is 0 Å². The van der Waals surface area contributed by atoms with Crippen molar-refractivity contribution in [3.8, 4) is 11.3 Å². The Balaban J connectivity index is 2.75. The van der Waals surface area contributed by atoms with E-state index in [1.54, 1.807) is 0 Å². The standard InChI is InChI=1S/C16H22BrN3/c1-9-7-10(2)12(4)14(11(9)3)16-15(17)13(8-18-5)19-20(16)6/h7,18H,8H2,1-6H3. The van der Waals surface area contributed by atoms with Gasteiger partial charge in [0.25, 0.3) is 0 Å². The Labute approximate surface area is 129 Å². The average Bonchev–Trinajstić information content (AvgIpc) is 2.65. The van der Waals surface area contributed by atoms with Crippen molar-refractivity contribution >= 4 is 15.9 Å². The molecule has 0 saturated carbocycles. The lowest BCUT2D eigenvalue weighted by Gasteiger charge is -2.16. The van der Waals surface area contributed by atoms with Gasteiger partial charge in [-0.1, -0.05) is 6.07 Å². The first kappa shape index (κ1) is 15.3. The van der Waals surface area contributed by atoms with Gasteiger partial charge in [0.2, 0.25) is 0 Å². The van der Waals surface area contributed by atoms with E-state index in [2.05, 4.69) is 60.1 Å². The number of aromatic nitrogens is 2.